The Kier molecular flexibility index (Phi) is 5.82. The minimum atomic E-state index is 0. The summed E-state index contributed by atoms with van der Waals surface area (Å²) < 4.78 is 7.11. The average Bonchev–Trinajstić information content (AvgIpc) is 3.05. The third kappa shape index (κ3) is 3.77. The number of hydrogen-bond donors (Lipinski definition) is 1. The van der Waals surface area contributed by atoms with Crippen molar-refractivity contribution in [3.05, 3.63) is 63.6 Å². The molecule has 0 saturated carbocycles. The van der Waals surface area contributed by atoms with E-state index in [-0.39, 0.29) is 18.5 Å². The van der Waals surface area contributed by atoms with Gasteiger partial charge in [-0.05, 0) is 35.2 Å². The van der Waals surface area contributed by atoms with Crippen molar-refractivity contribution < 1.29 is 4.74 Å². The first kappa shape index (κ1) is 17.7. The lowest BCUT2D eigenvalue weighted by Gasteiger charge is -2.33. The second kappa shape index (κ2) is 7.87. The summed E-state index contributed by atoms with van der Waals surface area (Å²) in [6, 6.07) is 15.1. The molecule has 0 aliphatic carbocycles. The first-order valence-corrected chi connectivity index (χ1v) is 9.03. The third-order valence-corrected chi connectivity index (χ3v) is 5.19. The molecule has 0 aromatic heterocycles. The maximum atomic E-state index is 6.00. The highest BCUT2D eigenvalue weighted by Gasteiger charge is 2.23. The Morgan fingerprint density at radius 3 is 2.96 bits per heavy atom. The molecule has 2 aliphatic rings. The SMILES string of the molecule is Brc1cccc(C2CN(Cc3cccc4c3NCC4)CCO2)c1.Cl. The van der Waals surface area contributed by atoms with Gasteiger partial charge in [-0.2, -0.15) is 0 Å². The van der Waals surface area contributed by atoms with Crippen LogP contribution in [0.3, 0.4) is 0 Å². The van der Waals surface area contributed by atoms with E-state index in [1.54, 1.807) is 0 Å². The summed E-state index contributed by atoms with van der Waals surface area (Å²) in [5.41, 5.74) is 5.48. The molecule has 1 unspecified atom stereocenters. The highest BCUT2D eigenvalue weighted by atomic mass is 79.9. The van der Waals surface area contributed by atoms with Crippen molar-refractivity contribution >= 4 is 34.0 Å². The summed E-state index contributed by atoms with van der Waals surface area (Å²) in [7, 11) is 0. The van der Waals surface area contributed by atoms with Crippen LogP contribution < -0.4 is 5.32 Å². The zero-order chi connectivity index (χ0) is 15.6. The molecule has 1 saturated heterocycles. The van der Waals surface area contributed by atoms with Gasteiger partial charge in [0.25, 0.3) is 0 Å². The minimum absolute atomic E-state index is 0. The lowest BCUT2D eigenvalue weighted by atomic mass is 10.1. The molecule has 2 heterocycles. The van der Waals surface area contributed by atoms with Crippen molar-refractivity contribution in [2.24, 2.45) is 0 Å². The molecule has 2 aromatic carbocycles. The summed E-state index contributed by atoms with van der Waals surface area (Å²) in [4.78, 5) is 2.50. The number of halogens is 2. The molecular weight excluding hydrogens is 388 g/mol. The number of rotatable bonds is 3. The van der Waals surface area contributed by atoms with Crippen LogP contribution >= 0.6 is 28.3 Å². The molecule has 4 rings (SSSR count). The van der Waals surface area contributed by atoms with Gasteiger partial charge < -0.3 is 10.1 Å². The number of para-hydroxylation sites is 1. The normalized spacial score (nSPS) is 20.1. The standard InChI is InChI=1S/C19H21BrN2O.ClH/c20-17-6-2-4-15(11-17)18-13-22(9-10-23-18)12-16-5-1-3-14-7-8-21-19(14)16;/h1-6,11,18,21H,7-10,12-13H2;1H. The number of anilines is 1. The van der Waals surface area contributed by atoms with Crippen LogP contribution in [0.25, 0.3) is 0 Å². The second-order valence-electron chi connectivity index (χ2n) is 6.28. The highest BCUT2D eigenvalue weighted by Crippen LogP contribution is 2.30. The van der Waals surface area contributed by atoms with Crippen molar-refractivity contribution in [3.8, 4) is 0 Å². The molecule has 0 radical (unpaired) electrons. The topological polar surface area (TPSA) is 24.5 Å². The maximum absolute atomic E-state index is 6.00. The number of hydrogen-bond acceptors (Lipinski definition) is 3. The second-order valence-corrected chi connectivity index (χ2v) is 7.19. The molecule has 0 spiro atoms. The molecule has 3 nitrogen and oxygen atoms in total. The molecular formula is C19H22BrClN2O. The summed E-state index contributed by atoms with van der Waals surface area (Å²) >= 11 is 3.55. The van der Waals surface area contributed by atoms with Gasteiger partial charge in [0.05, 0.1) is 12.7 Å². The van der Waals surface area contributed by atoms with Gasteiger partial charge >= 0.3 is 0 Å². The maximum Gasteiger partial charge on any atom is 0.0952 e. The van der Waals surface area contributed by atoms with E-state index in [0.717, 1.165) is 43.7 Å². The molecule has 128 valence electrons. The molecule has 24 heavy (non-hydrogen) atoms. The van der Waals surface area contributed by atoms with Gasteiger partial charge in [0, 0.05) is 36.3 Å². The van der Waals surface area contributed by atoms with Gasteiger partial charge in [0.2, 0.25) is 0 Å². The number of fused-ring (bicyclic) bond motifs is 1. The van der Waals surface area contributed by atoms with Crippen molar-refractivity contribution in [2.45, 2.75) is 19.1 Å². The van der Waals surface area contributed by atoms with Gasteiger partial charge in [-0.3, -0.25) is 4.90 Å². The Morgan fingerprint density at radius 2 is 2.08 bits per heavy atom. The van der Waals surface area contributed by atoms with Gasteiger partial charge in [-0.25, -0.2) is 0 Å². The monoisotopic (exact) mass is 408 g/mol. The summed E-state index contributed by atoms with van der Waals surface area (Å²) in [6.45, 7) is 4.79. The molecule has 0 amide bonds. The number of ether oxygens (including phenoxy) is 1. The van der Waals surface area contributed by atoms with Crippen LogP contribution in [0, 0.1) is 0 Å². The van der Waals surface area contributed by atoms with E-state index >= 15 is 0 Å². The van der Waals surface area contributed by atoms with Gasteiger partial charge in [-0.1, -0.05) is 46.3 Å². The van der Waals surface area contributed by atoms with Crippen LogP contribution in [0.2, 0.25) is 0 Å². The number of nitrogens with one attached hydrogen (secondary N) is 1. The van der Waals surface area contributed by atoms with Crippen LogP contribution in [0.15, 0.2) is 46.9 Å². The van der Waals surface area contributed by atoms with E-state index < -0.39 is 0 Å². The molecule has 2 aliphatic heterocycles. The van der Waals surface area contributed by atoms with E-state index in [9.17, 15) is 0 Å². The van der Waals surface area contributed by atoms with Crippen molar-refractivity contribution in [3.63, 3.8) is 0 Å². The summed E-state index contributed by atoms with van der Waals surface area (Å²) in [5, 5.41) is 3.54. The first-order valence-electron chi connectivity index (χ1n) is 8.24. The smallest absolute Gasteiger partial charge is 0.0952 e. The zero-order valence-corrected chi connectivity index (χ0v) is 15.9. The van der Waals surface area contributed by atoms with E-state index in [4.69, 9.17) is 4.74 Å². The molecule has 2 aromatic rings. The van der Waals surface area contributed by atoms with Crippen LogP contribution in [0.1, 0.15) is 22.8 Å². The lowest BCUT2D eigenvalue weighted by Crippen LogP contribution is -2.37. The summed E-state index contributed by atoms with van der Waals surface area (Å²) in [6.07, 6.45) is 1.30. The van der Waals surface area contributed by atoms with E-state index in [1.165, 1.54) is 22.4 Å². The average molecular weight is 410 g/mol. The Balaban J connectivity index is 0.00000169. The van der Waals surface area contributed by atoms with Crippen LogP contribution in [-0.2, 0) is 17.7 Å². The third-order valence-electron chi connectivity index (χ3n) is 4.70. The first-order chi connectivity index (χ1) is 11.3. The Bertz CT molecular complexity index is 710. The van der Waals surface area contributed by atoms with Crippen molar-refractivity contribution in [2.75, 3.05) is 31.6 Å². The van der Waals surface area contributed by atoms with Gasteiger partial charge in [0.1, 0.15) is 0 Å². The Labute approximate surface area is 157 Å². The largest absolute Gasteiger partial charge is 0.384 e. The molecule has 1 atom stereocenters. The fraction of sp³-hybridized carbons (Fsp3) is 0.368. The number of nitrogens with zero attached hydrogens (tertiary/aromatic N) is 1. The van der Waals surface area contributed by atoms with Gasteiger partial charge in [0.15, 0.2) is 0 Å². The zero-order valence-electron chi connectivity index (χ0n) is 13.5. The van der Waals surface area contributed by atoms with E-state index in [0.29, 0.717) is 0 Å². The predicted molar refractivity (Wildman–Crippen MR) is 104 cm³/mol. The molecule has 5 heteroatoms. The quantitative estimate of drug-likeness (QED) is 0.812. The van der Waals surface area contributed by atoms with Crippen molar-refractivity contribution in [1.29, 1.82) is 0 Å². The fourth-order valence-electron chi connectivity index (χ4n) is 3.54. The van der Waals surface area contributed by atoms with Crippen LogP contribution in [-0.4, -0.2) is 31.1 Å². The van der Waals surface area contributed by atoms with Gasteiger partial charge in [-0.15, -0.1) is 12.4 Å². The molecule has 1 fully saturated rings. The van der Waals surface area contributed by atoms with E-state index in [1.807, 2.05) is 0 Å². The minimum Gasteiger partial charge on any atom is -0.384 e. The number of benzene rings is 2. The lowest BCUT2D eigenvalue weighted by molar-refractivity contribution is -0.0329. The predicted octanol–water partition coefficient (Wildman–Crippen LogP) is 4.41. The molecule has 1 N–H and O–H groups in total. The van der Waals surface area contributed by atoms with Crippen LogP contribution in [0.4, 0.5) is 5.69 Å². The summed E-state index contributed by atoms with van der Waals surface area (Å²) in [5.74, 6) is 0. The Hall–Kier alpha value is -1.07. The highest BCUT2D eigenvalue weighted by molar-refractivity contribution is 9.10. The van der Waals surface area contributed by atoms with Crippen LogP contribution in [0.5, 0.6) is 0 Å². The number of morpholine rings is 1. The van der Waals surface area contributed by atoms with E-state index in [2.05, 4.69) is 68.6 Å². The molecule has 0 bridgehead atoms. The Morgan fingerprint density at radius 1 is 1.21 bits per heavy atom. The van der Waals surface area contributed by atoms with Crippen molar-refractivity contribution in [1.82, 2.24) is 4.90 Å². The fourth-order valence-corrected chi connectivity index (χ4v) is 3.96.